The van der Waals surface area contributed by atoms with Gasteiger partial charge in [0.15, 0.2) is 17.3 Å². The number of ether oxygens (including phenoxy) is 2. The molecule has 1 aromatic carbocycles. The van der Waals surface area contributed by atoms with Crippen molar-refractivity contribution in [1.82, 2.24) is 9.97 Å². The van der Waals surface area contributed by atoms with Crippen molar-refractivity contribution >= 4 is 5.82 Å². The molecule has 18 heavy (non-hydrogen) atoms. The molecule has 0 atom stereocenters. The zero-order valence-electron chi connectivity index (χ0n) is 10.4. The molecule has 0 radical (unpaired) electrons. The summed E-state index contributed by atoms with van der Waals surface area (Å²) < 4.78 is 10.9. The van der Waals surface area contributed by atoms with Gasteiger partial charge in [0.2, 0.25) is 0 Å². The second-order valence-electron chi connectivity index (χ2n) is 3.84. The average molecular weight is 245 g/mol. The Kier molecular flexibility index (Phi) is 3.62. The molecular weight excluding hydrogens is 230 g/mol. The summed E-state index contributed by atoms with van der Waals surface area (Å²) in [5.74, 6) is 2.32. The van der Waals surface area contributed by atoms with Gasteiger partial charge in [-0.3, -0.25) is 0 Å². The van der Waals surface area contributed by atoms with Crippen LogP contribution in [0, 0.1) is 6.92 Å². The van der Waals surface area contributed by atoms with E-state index >= 15 is 0 Å². The Morgan fingerprint density at radius 1 is 1.22 bits per heavy atom. The van der Waals surface area contributed by atoms with Gasteiger partial charge in [-0.15, -0.1) is 0 Å². The van der Waals surface area contributed by atoms with Crippen molar-refractivity contribution in [2.24, 2.45) is 0 Å². The van der Waals surface area contributed by atoms with Crippen LogP contribution in [0.4, 0.5) is 5.82 Å². The van der Waals surface area contributed by atoms with E-state index in [4.69, 9.17) is 15.2 Å². The summed E-state index contributed by atoms with van der Waals surface area (Å²) in [4.78, 5) is 8.13. The fraction of sp³-hybridized carbons (Fsp3) is 0.231. The number of aromatic nitrogens is 2. The van der Waals surface area contributed by atoms with Crippen LogP contribution in [0.1, 0.15) is 11.4 Å². The normalized spacial score (nSPS) is 10.1. The molecule has 0 aliphatic carbocycles. The van der Waals surface area contributed by atoms with E-state index in [-0.39, 0.29) is 6.61 Å². The third kappa shape index (κ3) is 2.88. The SMILES string of the molecule is COc1cc(C)ccc1OCc1nccc(N)n1. The predicted molar refractivity (Wildman–Crippen MR) is 68.5 cm³/mol. The molecule has 0 saturated heterocycles. The van der Waals surface area contributed by atoms with Crippen LogP contribution in [-0.2, 0) is 6.61 Å². The van der Waals surface area contributed by atoms with E-state index in [0.29, 0.717) is 23.1 Å². The van der Waals surface area contributed by atoms with Crippen LogP contribution in [0.2, 0.25) is 0 Å². The zero-order chi connectivity index (χ0) is 13.0. The number of nitrogens with zero attached hydrogens (tertiary/aromatic N) is 2. The molecule has 2 rings (SSSR count). The molecule has 1 heterocycles. The minimum atomic E-state index is 0.254. The number of rotatable bonds is 4. The number of benzene rings is 1. The Labute approximate surface area is 106 Å². The summed E-state index contributed by atoms with van der Waals surface area (Å²) in [7, 11) is 1.61. The Morgan fingerprint density at radius 3 is 2.78 bits per heavy atom. The molecule has 0 unspecified atom stereocenters. The van der Waals surface area contributed by atoms with Gasteiger partial charge < -0.3 is 15.2 Å². The highest BCUT2D eigenvalue weighted by atomic mass is 16.5. The summed E-state index contributed by atoms with van der Waals surface area (Å²) in [5, 5.41) is 0. The Morgan fingerprint density at radius 2 is 2.06 bits per heavy atom. The molecular formula is C13H15N3O2. The van der Waals surface area contributed by atoms with Crippen LogP contribution >= 0.6 is 0 Å². The van der Waals surface area contributed by atoms with Gasteiger partial charge in [-0.1, -0.05) is 6.07 Å². The topological polar surface area (TPSA) is 70.3 Å². The first-order valence-electron chi connectivity index (χ1n) is 5.54. The number of methoxy groups -OCH3 is 1. The van der Waals surface area contributed by atoms with Gasteiger partial charge in [0.25, 0.3) is 0 Å². The van der Waals surface area contributed by atoms with Gasteiger partial charge in [-0.25, -0.2) is 9.97 Å². The van der Waals surface area contributed by atoms with Crippen molar-refractivity contribution in [3.63, 3.8) is 0 Å². The van der Waals surface area contributed by atoms with E-state index in [1.165, 1.54) is 0 Å². The minimum absolute atomic E-state index is 0.254. The fourth-order valence-corrected chi connectivity index (χ4v) is 1.52. The van der Waals surface area contributed by atoms with Gasteiger partial charge >= 0.3 is 0 Å². The van der Waals surface area contributed by atoms with Gasteiger partial charge in [0.05, 0.1) is 7.11 Å². The number of anilines is 1. The van der Waals surface area contributed by atoms with Crippen molar-refractivity contribution in [3.05, 3.63) is 41.9 Å². The maximum absolute atomic E-state index is 5.62. The average Bonchev–Trinajstić information content (AvgIpc) is 2.37. The predicted octanol–water partition coefficient (Wildman–Crippen LogP) is 1.95. The number of hydrogen-bond acceptors (Lipinski definition) is 5. The third-order valence-electron chi connectivity index (χ3n) is 2.40. The summed E-state index contributed by atoms with van der Waals surface area (Å²) in [6.45, 7) is 2.25. The molecule has 0 saturated carbocycles. The lowest BCUT2D eigenvalue weighted by atomic mass is 10.2. The molecule has 0 fully saturated rings. The third-order valence-corrected chi connectivity index (χ3v) is 2.40. The summed E-state index contributed by atoms with van der Waals surface area (Å²) in [6, 6.07) is 7.37. The molecule has 1 aromatic heterocycles. The van der Waals surface area contributed by atoms with Crippen molar-refractivity contribution in [2.45, 2.75) is 13.5 Å². The van der Waals surface area contributed by atoms with Crippen molar-refractivity contribution < 1.29 is 9.47 Å². The van der Waals surface area contributed by atoms with E-state index in [1.807, 2.05) is 25.1 Å². The van der Waals surface area contributed by atoms with Crippen molar-refractivity contribution in [2.75, 3.05) is 12.8 Å². The Hall–Kier alpha value is -2.30. The van der Waals surface area contributed by atoms with Crippen LogP contribution < -0.4 is 15.2 Å². The first-order valence-corrected chi connectivity index (χ1v) is 5.54. The van der Waals surface area contributed by atoms with Gasteiger partial charge in [-0.2, -0.15) is 0 Å². The van der Waals surface area contributed by atoms with E-state index in [0.717, 1.165) is 5.56 Å². The lowest BCUT2D eigenvalue weighted by Crippen LogP contribution is -2.04. The monoisotopic (exact) mass is 245 g/mol. The number of nitrogen functional groups attached to an aromatic ring is 1. The highest BCUT2D eigenvalue weighted by Gasteiger charge is 2.05. The largest absolute Gasteiger partial charge is 0.493 e. The summed E-state index contributed by atoms with van der Waals surface area (Å²) >= 11 is 0. The van der Waals surface area contributed by atoms with Crippen LogP contribution in [-0.4, -0.2) is 17.1 Å². The quantitative estimate of drug-likeness (QED) is 0.891. The maximum Gasteiger partial charge on any atom is 0.168 e. The molecule has 0 aliphatic rings. The molecule has 0 amide bonds. The van der Waals surface area contributed by atoms with Crippen LogP contribution in [0.25, 0.3) is 0 Å². The van der Waals surface area contributed by atoms with Crippen LogP contribution in [0.3, 0.4) is 0 Å². The second-order valence-corrected chi connectivity index (χ2v) is 3.84. The van der Waals surface area contributed by atoms with E-state index in [2.05, 4.69) is 9.97 Å². The smallest absolute Gasteiger partial charge is 0.168 e. The molecule has 2 N–H and O–H groups in total. The number of aryl methyl sites for hydroxylation is 1. The maximum atomic E-state index is 5.62. The van der Waals surface area contributed by atoms with Gasteiger partial charge in [0.1, 0.15) is 12.4 Å². The van der Waals surface area contributed by atoms with Gasteiger partial charge in [-0.05, 0) is 30.7 Å². The van der Waals surface area contributed by atoms with E-state index in [9.17, 15) is 0 Å². The molecule has 0 bridgehead atoms. The highest BCUT2D eigenvalue weighted by Crippen LogP contribution is 2.28. The molecule has 0 spiro atoms. The molecule has 0 aliphatic heterocycles. The molecule has 5 heteroatoms. The number of nitrogens with two attached hydrogens (primary N) is 1. The zero-order valence-corrected chi connectivity index (χ0v) is 10.4. The molecule has 5 nitrogen and oxygen atoms in total. The van der Waals surface area contributed by atoms with Gasteiger partial charge in [0, 0.05) is 6.20 Å². The first kappa shape index (κ1) is 12.2. The van der Waals surface area contributed by atoms with E-state index < -0.39 is 0 Å². The summed E-state index contributed by atoms with van der Waals surface area (Å²) in [6.07, 6.45) is 1.60. The molecule has 2 aromatic rings. The van der Waals surface area contributed by atoms with Crippen molar-refractivity contribution in [1.29, 1.82) is 0 Å². The Bertz CT molecular complexity index is 544. The summed E-state index contributed by atoms with van der Waals surface area (Å²) in [5.41, 5.74) is 6.68. The van der Waals surface area contributed by atoms with Crippen molar-refractivity contribution in [3.8, 4) is 11.5 Å². The standard InChI is InChI=1S/C13H15N3O2/c1-9-3-4-10(11(7-9)17-2)18-8-13-15-6-5-12(14)16-13/h3-7H,8H2,1-2H3,(H2,14,15,16). The number of hydrogen-bond donors (Lipinski definition) is 1. The molecule has 94 valence electrons. The first-order chi connectivity index (χ1) is 8.69. The van der Waals surface area contributed by atoms with Crippen LogP contribution in [0.15, 0.2) is 30.5 Å². The highest BCUT2D eigenvalue weighted by molar-refractivity contribution is 5.42. The second kappa shape index (κ2) is 5.35. The lowest BCUT2D eigenvalue weighted by molar-refractivity contribution is 0.276. The lowest BCUT2D eigenvalue weighted by Gasteiger charge is -2.10. The van der Waals surface area contributed by atoms with Crippen LogP contribution in [0.5, 0.6) is 11.5 Å². The van der Waals surface area contributed by atoms with E-state index in [1.54, 1.807) is 19.4 Å². The minimum Gasteiger partial charge on any atom is -0.493 e. The Balaban J connectivity index is 2.10. The fourth-order valence-electron chi connectivity index (χ4n) is 1.52.